The Morgan fingerprint density at radius 1 is 0.914 bits per heavy atom. The number of aryl methyl sites for hydroxylation is 2. The zero-order valence-electron chi connectivity index (χ0n) is 19.7. The van der Waals surface area contributed by atoms with Crippen molar-refractivity contribution >= 4 is 22.6 Å². The Morgan fingerprint density at radius 2 is 1.63 bits per heavy atom. The quantitative estimate of drug-likeness (QED) is 0.369. The minimum Gasteiger partial charge on any atom is -0.325 e. The highest BCUT2D eigenvalue weighted by Crippen LogP contribution is 2.31. The summed E-state index contributed by atoms with van der Waals surface area (Å²) in [6.07, 6.45) is 0.875. The molecule has 0 aliphatic rings. The van der Waals surface area contributed by atoms with Crippen molar-refractivity contribution in [3.05, 3.63) is 112 Å². The highest BCUT2D eigenvalue weighted by Gasteiger charge is 2.21. The minimum absolute atomic E-state index is 0.126. The van der Waals surface area contributed by atoms with Gasteiger partial charge in [-0.25, -0.2) is 4.68 Å². The lowest BCUT2D eigenvalue weighted by molar-refractivity contribution is -0.116. The molecule has 0 fully saturated rings. The molecule has 2 aromatic heterocycles. The number of para-hydroxylation sites is 1. The summed E-state index contributed by atoms with van der Waals surface area (Å²) in [7, 11) is 0. The molecule has 3 aromatic carbocycles. The van der Waals surface area contributed by atoms with Gasteiger partial charge in [0.15, 0.2) is 0 Å². The Bertz CT molecular complexity index is 1570. The van der Waals surface area contributed by atoms with E-state index in [0.717, 1.165) is 39.9 Å². The number of amides is 1. The molecular formula is C29H26N4O2. The van der Waals surface area contributed by atoms with E-state index in [1.165, 1.54) is 4.57 Å². The van der Waals surface area contributed by atoms with E-state index in [2.05, 4.69) is 12.2 Å². The van der Waals surface area contributed by atoms with Crippen LogP contribution in [0.4, 0.5) is 5.69 Å². The van der Waals surface area contributed by atoms with Gasteiger partial charge in [0, 0.05) is 22.7 Å². The van der Waals surface area contributed by atoms with Gasteiger partial charge in [-0.05, 0) is 48.7 Å². The molecule has 0 aliphatic heterocycles. The van der Waals surface area contributed by atoms with Gasteiger partial charge in [-0.2, -0.15) is 5.10 Å². The van der Waals surface area contributed by atoms with Crippen LogP contribution in [0.25, 0.3) is 28.0 Å². The second-order valence-corrected chi connectivity index (χ2v) is 8.51. The molecule has 0 aliphatic carbocycles. The molecule has 0 bridgehead atoms. The lowest BCUT2D eigenvalue weighted by atomic mass is 10.1. The number of pyridine rings is 1. The van der Waals surface area contributed by atoms with Crippen LogP contribution in [0.5, 0.6) is 0 Å². The van der Waals surface area contributed by atoms with Crippen molar-refractivity contribution in [2.75, 3.05) is 5.32 Å². The van der Waals surface area contributed by atoms with Crippen LogP contribution in [0.3, 0.4) is 0 Å². The second kappa shape index (κ2) is 9.43. The molecule has 6 nitrogen and oxygen atoms in total. The van der Waals surface area contributed by atoms with E-state index < -0.39 is 0 Å². The first-order valence-electron chi connectivity index (χ1n) is 11.7. The highest BCUT2D eigenvalue weighted by atomic mass is 16.2. The number of aromatic nitrogens is 3. The molecule has 0 atom stereocenters. The van der Waals surface area contributed by atoms with Crippen molar-refractivity contribution in [1.82, 2.24) is 14.3 Å². The number of nitrogens with zero attached hydrogens (tertiary/aromatic N) is 3. The van der Waals surface area contributed by atoms with Crippen molar-refractivity contribution < 1.29 is 4.79 Å². The van der Waals surface area contributed by atoms with Crippen LogP contribution in [0.2, 0.25) is 0 Å². The average molecular weight is 463 g/mol. The molecule has 2 heterocycles. The van der Waals surface area contributed by atoms with Crippen LogP contribution >= 0.6 is 0 Å². The SMILES string of the molecule is CCc1cccc(NC(=O)Cn2c(=O)cc(C)c3c(-c4ccccc4)nn(-c4ccccc4)c32)c1. The normalized spacial score (nSPS) is 11.0. The molecule has 0 radical (unpaired) electrons. The van der Waals surface area contributed by atoms with E-state index in [1.807, 2.05) is 91.9 Å². The van der Waals surface area contributed by atoms with Gasteiger partial charge < -0.3 is 5.32 Å². The summed E-state index contributed by atoms with van der Waals surface area (Å²) in [6.45, 7) is 3.85. The fourth-order valence-electron chi connectivity index (χ4n) is 4.37. The van der Waals surface area contributed by atoms with Crippen molar-refractivity contribution in [3.63, 3.8) is 0 Å². The summed E-state index contributed by atoms with van der Waals surface area (Å²) in [4.78, 5) is 26.3. The molecule has 5 rings (SSSR count). The van der Waals surface area contributed by atoms with E-state index in [1.54, 1.807) is 10.7 Å². The number of nitrogens with one attached hydrogen (secondary N) is 1. The topological polar surface area (TPSA) is 68.9 Å². The minimum atomic E-state index is -0.271. The Labute approximate surface area is 203 Å². The zero-order chi connectivity index (χ0) is 24.4. The molecule has 0 spiro atoms. The fourth-order valence-corrected chi connectivity index (χ4v) is 4.37. The average Bonchev–Trinajstić information content (AvgIpc) is 3.29. The van der Waals surface area contributed by atoms with E-state index in [4.69, 9.17) is 5.10 Å². The largest absolute Gasteiger partial charge is 0.325 e. The van der Waals surface area contributed by atoms with E-state index >= 15 is 0 Å². The van der Waals surface area contributed by atoms with Crippen molar-refractivity contribution in [2.24, 2.45) is 0 Å². The van der Waals surface area contributed by atoms with Crippen LogP contribution in [0, 0.1) is 6.92 Å². The number of benzene rings is 3. The van der Waals surface area contributed by atoms with Gasteiger partial charge in [0.2, 0.25) is 5.91 Å². The van der Waals surface area contributed by atoms with Gasteiger partial charge in [0.25, 0.3) is 5.56 Å². The summed E-state index contributed by atoms with van der Waals surface area (Å²) < 4.78 is 3.27. The van der Waals surface area contributed by atoms with Gasteiger partial charge in [-0.1, -0.05) is 67.6 Å². The van der Waals surface area contributed by atoms with Crippen LogP contribution < -0.4 is 10.9 Å². The molecular weight excluding hydrogens is 436 g/mol. The van der Waals surface area contributed by atoms with Crippen molar-refractivity contribution in [3.8, 4) is 16.9 Å². The molecule has 1 N–H and O–H groups in total. The molecule has 0 saturated heterocycles. The Hall–Kier alpha value is -4.45. The molecule has 35 heavy (non-hydrogen) atoms. The van der Waals surface area contributed by atoms with E-state index in [9.17, 15) is 9.59 Å². The molecule has 174 valence electrons. The predicted molar refractivity (Wildman–Crippen MR) is 140 cm³/mol. The van der Waals surface area contributed by atoms with E-state index in [-0.39, 0.29) is 18.0 Å². The van der Waals surface area contributed by atoms with E-state index in [0.29, 0.717) is 11.3 Å². The molecule has 6 heteroatoms. The van der Waals surface area contributed by atoms with Crippen LogP contribution in [-0.4, -0.2) is 20.3 Å². The summed E-state index contributed by atoms with van der Waals surface area (Å²) >= 11 is 0. The van der Waals surface area contributed by atoms with Gasteiger partial charge in [-0.3, -0.25) is 14.2 Å². The smallest absolute Gasteiger partial charge is 0.252 e. The molecule has 1 amide bonds. The maximum Gasteiger partial charge on any atom is 0.252 e. The monoisotopic (exact) mass is 462 g/mol. The van der Waals surface area contributed by atoms with Crippen molar-refractivity contribution in [2.45, 2.75) is 26.8 Å². The Kier molecular flexibility index (Phi) is 6.02. The van der Waals surface area contributed by atoms with Crippen LogP contribution in [0.1, 0.15) is 18.1 Å². The molecule has 0 saturated carbocycles. The standard InChI is InChI=1S/C29H26N4O2/c1-3-21-11-10-14-23(18-21)30-25(34)19-32-26(35)17-20(2)27-28(22-12-6-4-7-13-22)31-33(29(27)32)24-15-8-5-9-16-24/h4-18H,3,19H2,1-2H3,(H,30,34). The number of anilines is 1. The molecule has 5 aromatic rings. The third-order valence-electron chi connectivity index (χ3n) is 6.09. The summed E-state index contributed by atoms with van der Waals surface area (Å²) in [5, 5.41) is 8.72. The second-order valence-electron chi connectivity index (χ2n) is 8.51. The zero-order valence-corrected chi connectivity index (χ0v) is 19.7. The third-order valence-corrected chi connectivity index (χ3v) is 6.09. The number of fused-ring (bicyclic) bond motifs is 1. The first-order chi connectivity index (χ1) is 17.0. The van der Waals surface area contributed by atoms with Gasteiger partial charge in [-0.15, -0.1) is 0 Å². The maximum absolute atomic E-state index is 13.2. The van der Waals surface area contributed by atoms with Gasteiger partial charge in [0.05, 0.1) is 5.69 Å². The number of hydrogen-bond donors (Lipinski definition) is 1. The highest BCUT2D eigenvalue weighted by molar-refractivity contribution is 5.96. The third kappa shape index (κ3) is 4.38. The van der Waals surface area contributed by atoms with Gasteiger partial charge >= 0.3 is 0 Å². The number of carbonyl (C=O) groups is 1. The Balaban J connectivity index is 1.67. The lowest BCUT2D eigenvalue weighted by Gasteiger charge is -2.13. The fraction of sp³-hybridized carbons (Fsp3) is 0.138. The van der Waals surface area contributed by atoms with Crippen LogP contribution in [0.15, 0.2) is 95.8 Å². The Morgan fingerprint density at radius 3 is 2.34 bits per heavy atom. The lowest BCUT2D eigenvalue weighted by Crippen LogP contribution is -2.29. The van der Waals surface area contributed by atoms with Crippen molar-refractivity contribution in [1.29, 1.82) is 0 Å². The number of rotatable bonds is 6. The summed E-state index contributed by atoms with van der Waals surface area (Å²) in [6, 6.07) is 28.9. The predicted octanol–water partition coefficient (Wildman–Crippen LogP) is 5.36. The first-order valence-corrected chi connectivity index (χ1v) is 11.7. The maximum atomic E-state index is 13.2. The number of hydrogen-bond acceptors (Lipinski definition) is 3. The molecule has 0 unspecified atom stereocenters. The summed E-state index contributed by atoms with van der Waals surface area (Å²) in [5.74, 6) is -0.271. The van der Waals surface area contributed by atoms with Crippen LogP contribution in [-0.2, 0) is 17.8 Å². The number of carbonyl (C=O) groups excluding carboxylic acids is 1. The summed E-state index contributed by atoms with van der Waals surface area (Å²) in [5.41, 5.74) is 5.54. The van der Waals surface area contributed by atoms with Gasteiger partial charge in [0.1, 0.15) is 17.9 Å². The first kappa shape index (κ1) is 22.3.